The van der Waals surface area contributed by atoms with E-state index in [2.05, 4.69) is 20.7 Å². The van der Waals surface area contributed by atoms with Gasteiger partial charge < -0.3 is 0 Å². The van der Waals surface area contributed by atoms with E-state index in [0.717, 1.165) is 11.8 Å². The van der Waals surface area contributed by atoms with E-state index in [9.17, 15) is 8.42 Å². The number of nitrogens with one attached hydrogen (secondary N) is 1. The second-order valence-corrected chi connectivity index (χ2v) is 8.86. The van der Waals surface area contributed by atoms with Gasteiger partial charge in [-0.1, -0.05) is 15.9 Å². The van der Waals surface area contributed by atoms with Crippen molar-refractivity contribution in [2.45, 2.75) is 38.1 Å². The van der Waals surface area contributed by atoms with Crippen LogP contribution in [0, 0.1) is 23.7 Å². The zero-order valence-corrected chi connectivity index (χ0v) is 11.6. The van der Waals surface area contributed by atoms with Crippen molar-refractivity contribution in [1.29, 1.82) is 0 Å². The molecule has 0 spiro atoms. The highest BCUT2D eigenvalue weighted by molar-refractivity contribution is 9.10. The minimum atomic E-state index is -3.10. The minimum absolute atomic E-state index is 0.0306. The van der Waals surface area contributed by atoms with Crippen molar-refractivity contribution in [1.82, 2.24) is 4.72 Å². The van der Waals surface area contributed by atoms with Gasteiger partial charge in [0.2, 0.25) is 10.0 Å². The summed E-state index contributed by atoms with van der Waals surface area (Å²) in [5.41, 5.74) is 0. The molecule has 4 rings (SSSR count). The van der Waals surface area contributed by atoms with Gasteiger partial charge in [0.1, 0.15) is 4.66 Å². The molecule has 1 N–H and O–H groups in total. The van der Waals surface area contributed by atoms with E-state index in [4.69, 9.17) is 0 Å². The second kappa shape index (κ2) is 3.95. The number of hydrogen-bond acceptors (Lipinski definition) is 2. The Balaban J connectivity index is 1.77. The first kappa shape index (κ1) is 11.5. The third-order valence-electron chi connectivity index (χ3n) is 4.69. The molecule has 5 heteroatoms. The molecule has 4 aliphatic carbocycles. The normalized spacial score (nSPS) is 46.2. The Labute approximate surface area is 106 Å². The van der Waals surface area contributed by atoms with Gasteiger partial charge in [0.05, 0.1) is 0 Å². The highest BCUT2D eigenvalue weighted by atomic mass is 79.9. The van der Waals surface area contributed by atoms with Crippen LogP contribution in [-0.4, -0.2) is 19.1 Å². The summed E-state index contributed by atoms with van der Waals surface area (Å²) in [5, 5.41) is 0. The largest absolute Gasteiger partial charge is 0.221 e. The van der Waals surface area contributed by atoms with E-state index >= 15 is 0 Å². The maximum Gasteiger partial charge on any atom is 0.221 e. The Bertz CT molecular complexity index is 353. The van der Waals surface area contributed by atoms with Crippen LogP contribution in [-0.2, 0) is 10.0 Å². The van der Waals surface area contributed by atoms with Crippen LogP contribution in [0.25, 0.3) is 0 Å². The Kier molecular flexibility index (Phi) is 2.84. The lowest BCUT2D eigenvalue weighted by Gasteiger charge is -2.54. The van der Waals surface area contributed by atoms with Gasteiger partial charge in [0.15, 0.2) is 0 Å². The first-order valence-corrected chi connectivity index (χ1v) is 8.90. The van der Waals surface area contributed by atoms with Crippen molar-refractivity contribution in [3.63, 3.8) is 0 Å². The highest BCUT2D eigenvalue weighted by Gasteiger charge is 2.49. The van der Waals surface area contributed by atoms with E-state index < -0.39 is 10.0 Å². The molecule has 0 heterocycles. The Morgan fingerprint density at radius 2 is 1.50 bits per heavy atom. The zero-order valence-electron chi connectivity index (χ0n) is 9.23. The van der Waals surface area contributed by atoms with Crippen molar-refractivity contribution >= 4 is 26.0 Å². The molecule has 3 nitrogen and oxygen atoms in total. The van der Waals surface area contributed by atoms with E-state index in [1.807, 2.05) is 0 Å². The van der Waals surface area contributed by atoms with Gasteiger partial charge in [0.25, 0.3) is 0 Å². The average Bonchev–Trinajstić information content (AvgIpc) is 2.22. The molecule has 92 valence electrons. The van der Waals surface area contributed by atoms with E-state index in [1.54, 1.807) is 0 Å². The lowest BCUT2D eigenvalue weighted by molar-refractivity contribution is -0.00552. The fourth-order valence-corrected chi connectivity index (χ4v) is 5.62. The second-order valence-electron chi connectivity index (χ2n) is 5.80. The molecule has 0 aromatic carbocycles. The summed E-state index contributed by atoms with van der Waals surface area (Å²) in [6.07, 6.45) is 6.42. The third kappa shape index (κ3) is 1.95. The molecular formula is C11H18BrNO2S. The molecule has 0 unspecified atom stereocenters. The predicted octanol–water partition coefficient (Wildman–Crippen LogP) is 2.08. The number of rotatable bonds is 3. The standard InChI is InChI=1S/C11H18BrNO2S/c12-6-16(14,15)13-11-9-2-7-1-8(4-9)5-10(11)3-7/h7-11,13H,1-6H2. The molecule has 0 aliphatic heterocycles. The van der Waals surface area contributed by atoms with E-state index in [0.29, 0.717) is 11.8 Å². The maximum atomic E-state index is 11.6. The average molecular weight is 308 g/mol. The summed E-state index contributed by atoms with van der Waals surface area (Å²) in [4.78, 5) is 0. The van der Waals surface area contributed by atoms with Crippen LogP contribution < -0.4 is 4.72 Å². The third-order valence-corrected chi connectivity index (χ3v) is 7.41. The van der Waals surface area contributed by atoms with Crippen molar-refractivity contribution in [2.75, 3.05) is 4.66 Å². The van der Waals surface area contributed by atoms with Crippen LogP contribution in [0.1, 0.15) is 32.1 Å². The molecule has 0 amide bonds. The molecule has 0 aromatic heterocycles. The van der Waals surface area contributed by atoms with Crippen LogP contribution in [0.5, 0.6) is 0 Å². The fraction of sp³-hybridized carbons (Fsp3) is 1.00. The Morgan fingerprint density at radius 3 is 1.94 bits per heavy atom. The van der Waals surface area contributed by atoms with Gasteiger partial charge in [-0.05, 0) is 55.8 Å². The Hall–Kier alpha value is 0.390. The lowest BCUT2D eigenvalue weighted by atomic mass is 9.54. The molecule has 0 radical (unpaired) electrons. The zero-order chi connectivity index (χ0) is 11.3. The van der Waals surface area contributed by atoms with Crippen molar-refractivity contribution in [3.8, 4) is 0 Å². The Morgan fingerprint density at radius 1 is 1.00 bits per heavy atom. The fourth-order valence-electron chi connectivity index (χ4n) is 4.36. The molecule has 0 saturated heterocycles. The number of halogens is 1. The monoisotopic (exact) mass is 307 g/mol. The van der Waals surface area contributed by atoms with Gasteiger partial charge in [0, 0.05) is 6.04 Å². The SMILES string of the molecule is O=S(=O)(CBr)NC1C2CC3CC(C2)CC1C3. The smallest absolute Gasteiger partial charge is 0.212 e. The number of hydrogen-bond donors (Lipinski definition) is 1. The van der Waals surface area contributed by atoms with E-state index in [-0.39, 0.29) is 10.7 Å². The van der Waals surface area contributed by atoms with Gasteiger partial charge in [-0.25, -0.2) is 13.1 Å². The summed E-state index contributed by atoms with van der Waals surface area (Å²) in [7, 11) is -3.10. The van der Waals surface area contributed by atoms with Crippen molar-refractivity contribution in [2.24, 2.45) is 23.7 Å². The molecule has 16 heavy (non-hydrogen) atoms. The molecule has 4 fully saturated rings. The summed E-state index contributed by atoms with van der Waals surface area (Å²) < 4.78 is 26.2. The van der Waals surface area contributed by atoms with Crippen LogP contribution in [0.2, 0.25) is 0 Å². The lowest BCUT2D eigenvalue weighted by Crippen LogP contribution is -2.55. The number of sulfonamides is 1. The van der Waals surface area contributed by atoms with Crippen LogP contribution in [0.3, 0.4) is 0 Å². The molecular weight excluding hydrogens is 290 g/mol. The van der Waals surface area contributed by atoms with Crippen LogP contribution in [0.15, 0.2) is 0 Å². The van der Waals surface area contributed by atoms with Gasteiger partial charge in [-0.15, -0.1) is 0 Å². The van der Waals surface area contributed by atoms with E-state index in [1.165, 1.54) is 32.1 Å². The summed E-state index contributed by atoms with van der Waals surface area (Å²) >= 11 is 3.05. The first-order chi connectivity index (χ1) is 7.57. The topological polar surface area (TPSA) is 46.2 Å². The molecule has 4 saturated carbocycles. The van der Waals surface area contributed by atoms with Crippen LogP contribution >= 0.6 is 15.9 Å². The molecule has 4 bridgehead atoms. The van der Waals surface area contributed by atoms with Crippen LogP contribution in [0.4, 0.5) is 0 Å². The quantitative estimate of drug-likeness (QED) is 0.812. The van der Waals surface area contributed by atoms with Gasteiger partial charge >= 0.3 is 0 Å². The minimum Gasteiger partial charge on any atom is -0.212 e. The van der Waals surface area contributed by atoms with Crippen molar-refractivity contribution < 1.29 is 8.42 Å². The predicted molar refractivity (Wildman–Crippen MR) is 66.7 cm³/mol. The number of alkyl halides is 1. The van der Waals surface area contributed by atoms with Crippen molar-refractivity contribution in [3.05, 3.63) is 0 Å². The van der Waals surface area contributed by atoms with Gasteiger partial charge in [-0.2, -0.15) is 0 Å². The molecule has 4 aliphatic rings. The highest BCUT2D eigenvalue weighted by Crippen LogP contribution is 2.53. The summed E-state index contributed by atoms with van der Waals surface area (Å²) in [5.74, 6) is 3.02. The summed E-state index contributed by atoms with van der Waals surface area (Å²) in [6.45, 7) is 0. The maximum absolute atomic E-state index is 11.6. The summed E-state index contributed by atoms with van der Waals surface area (Å²) in [6, 6.07) is 0.232. The molecule has 0 atom stereocenters. The van der Waals surface area contributed by atoms with Gasteiger partial charge in [-0.3, -0.25) is 0 Å². The first-order valence-electron chi connectivity index (χ1n) is 6.13. The molecule has 0 aromatic rings.